The van der Waals surface area contributed by atoms with E-state index in [9.17, 15) is 8.42 Å². The van der Waals surface area contributed by atoms with Crippen LogP contribution in [0.5, 0.6) is 0 Å². The molecule has 3 rings (SSSR count). The lowest BCUT2D eigenvalue weighted by Gasteiger charge is -2.12. The summed E-state index contributed by atoms with van der Waals surface area (Å²) >= 11 is 0. The number of aryl methyl sites for hydroxylation is 3. The molecular weight excluding hydrogens is 328 g/mol. The largest absolute Gasteiger partial charge is 0.274 e. The summed E-state index contributed by atoms with van der Waals surface area (Å²) in [5.74, 6) is 0.424. The van der Waals surface area contributed by atoms with Crippen LogP contribution in [-0.2, 0) is 17.1 Å². The number of nitrogens with zero attached hydrogens (tertiary/aromatic N) is 5. The molecule has 0 atom stereocenters. The summed E-state index contributed by atoms with van der Waals surface area (Å²) in [6, 6.07) is 5.22. The monoisotopic (exact) mass is 346 g/mol. The summed E-state index contributed by atoms with van der Waals surface area (Å²) < 4.78 is 31.5. The highest BCUT2D eigenvalue weighted by atomic mass is 32.2. The summed E-state index contributed by atoms with van der Waals surface area (Å²) in [7, 11) is -1.99. The van der Waals surface area contributed by atoms with Gasteiger partial charge in [-0.25, -0.2) is 8.42 Å². The van der Waals surface area contributed by atoms with Crippen LogP contribution in [-0.4, -0.2) is 33.0 Å². The summed E-state index contributed by atoms with van der Waals surface area (Å²) in [5.41, 5.74) is 2.79. The minimum absolute atomic E-state index is 0.242. The maximum Gasteiger partial charge on any atom is 0.262 e. The Morgan fingerprint density at radius 3 is 2.38 bits per heavy atom. The van der Waals surface area contributed by atoms with Gasteiger partial charge in [-0.3, -0.25) is 14.0 Å². The third kappa shape index (κ3) is 2.78. The lowest BCUT2D eigenvalue weighted by atomic mass is 10.2. The molecule has 8 nitrogen and oxygen atoms in total. The number of anilines is 1. The second-order valence-corrected chi connectivity index (χ2v) is 7.30. The van der Waals surface area contributed by atoms with Crippen molar-refractivity contribution in [2.75, 3.05) is 4.72 Å². The molecule has 0 aliphatic heterocycles. The van der Waals surface area contributed by atoms with Crippen LogP contribution in [0.15, 0.2) is 35.7 Å². The second-order valence-electron chi connectivity index (χ2n) is 5.65. The van der Waals surface area contributed by atoms with Crippen molar-refractivity contribution < 1.29 is 8.42 Å². The van der Waals surface area contributed by atoms with Gasteiger partial charge in [0.1, 0.15) is 18.3 Å². The fraction of sp³-hybridized carbons (Fsp3) is 0.267. The van der Waals surface area contributed by atoms with Gasteiger partial charge in [0.2, 0.25) is 0 Å². The molecular formula is C15H18N6O2S. The van der Waals surface area contributed by atoms with Crippen LogP contribution in [0.3, 0.4) is 0 Å². The number of rotatable bonds is 4. The summed E-state index contributed by atoms with van der Waals surface area (Å²) in [6.07, 6.45) is 2.94. The van der Waals surface area contributed by atoms with Crippen molar-refractivity contribution in [2.24, 2.45) is 7.05 Å². The predicted octanol–water partition coefficient (Wildman–Crippen LogP) is 1.73. The highest BCUT2D eigenvalue weighted by molar-refractivity contribution is 7.92. The number of nitrogens with one attached hydrogen (secondary N) is 1. The van der Waals surface area contributed by atoms with Gasteiger partial charge in [0, 0.05) is 7.05 Å². The Labute approximate surface area is 140 Å². The topological polar surface area (TPSA) is 94.7 Å². The van der Waals surface area contributed by atoms with E-state index in [0.717, 1.165) is 5.56 Å². The third-order valence-corrected chi connectivity index (χ3v) is 5.35. The van der Waals surface area contributed by atoms with Gasteiger partial charge in [-0.15, -0.1) is 10.2 Å². The highest BCUT2D eigenvalue weighted by Crippen LogP contribution is 2.27. The minimum atomic E-state index is -3.74. The zero-order valence-corrected chi connectivity index (χ0v) is 14.7. The average molecular weight is 346 g/mol. The Kier molecular flexibility index (Phi) is 3.88. The molecule has 126 valence electrons. The van der Waals surface area contributed by atoms with Crippen molar-refractivity contribution in [1.29, 1.82) is 0 Å². The Morgan fingerprint density at radius 2 is 1.75 bits per heavy atom. The molecule has 0 unspecified atom stereocenters. The van der Waals surface area contributed by atoms with E-state index in [1.54, 1.807) is 42.3 Å². The minimum Gasteiger partial charge on any atom is -0.274 e. The maximum absolute atomic E-state index is 12.8. The molecule has 0 aliphatic rings. The van der Waals surface area contributed by atoms with Gasteiger partial charge in [-0.1, -0.05) is 17.7 Å². The Hall–Kier alpha value is -2.68. The van der Waals surface area contributed by atoms with E-state index in [2.05, 4.69) is 20.0 Å². The summed E-state index contributed by atoms with van der Waals surface area (Å²) in [6.45, 7) is 5.49. The standard InChI is InChI=1S/C15H18N6O2S/c1-10-5-6-13(11(2)7-10)24(22,23)19-14-12(3)20(4)18-15(14)21-8-16-17-9-21/h5-9,19H,1-4H3. The van der Waals surface area contributed by atoms with Crippen molar-refractivity contribution in [2.45, 2.75) is 25.7 Å². The first-order valence-corrected chi connectivity index (χ1v) is 8.76. The van der Waals surface area contributed by atoms with Gasteiger partial charge in [0.25, 0.3) is 10.0 Å². The van der Waals surface area contributed by atoms with Gasteiger partial charge < -0.3 is 0 Å². The molecule has 9 heteroatoms. The molecule has 0 aliphatic carbocycles. The lowest BCUT2D eigenvalue weighted by Crippen LogP contribution is -2.16. The van der Waals surface area contributed by atoms with Gasteiger partial charge in [-0.05, 0) is 32.4 Å². The van der Waals surface area contributed by atoms with Gasteiger partial charge in [-0.2, -0.15) is 5.10 Å². The van der Waals surface area contributed by atoms with E-state index in [4.69, 9.17) is 0 Å². The average Bonchev–Trinajstić information content (AvgIpc) is 3.11. The maximum atomic E-state index is 12.8. The third-order valence-electron chi connectivity index (χ3n) is 3.84. The fourth-order valence-electron chi connectivity index (χ4n) is 2.49. The van der Waals surface area contributed by atoms with Crippen LogP contribution in [0.2, 0.25) is 0 Å². The molecule has 1 N–H and O–H groups in total. The SMILES string of the molecule is Cc1ccc(S(=O)(=O)Nc2c(-n3cnnc3)nn(C)c2C)c(C)c1. The van der Waals surface area contributed by atoms with Crippen LogP contribution < -0.4 is 4.72 Å². The molecule has 0 radical (unpaired) electrons. The molecule has 0 bridgehead atoms. The normalized spacial score (nSPS) is 11.7. The number of hydrogen-bond acceptors (Lipinski definition) is 5. The van der Waals surface area contributed by atoms with Gasteiger partial charge >= 0.3 is 0 Å². The number of aromatic nitrogens is 5. The second kappa shape index (κ2) is 5.75. The van der Waals surface area contributed by atoms with Crippen LogP contribution in [0.1, 0.15) is 16.8 Å². The van der Waals surface area contributed by atoms with Crippen molar-refractivity contribution in [3.05, 3.63) is 47.7 Å². The van der Waals surface area contributed by atoms with E-state index in [0.29, 0.717) is 22.8 Å². The molecule has 0 amide bonds. The molecule has 0 saturated carbocycles. The zero-order chi connectivity index (χ0) is 17.5. The van der Waals surface area contributed by atoms with Crippen LogP contribution in [0.25, 0.3) is 5.82 Å². The first-order valence-electron chi connectivity index (χ1n) is 7.28. The quantitative estimate of drug-likeness (QED) is 0.776. The molecule has 3 aromatic rings. The first kappa shape index (κ1) is 16.2. The van der Waals surface area contributed by atoms with Crippen LogP contribution in [0, 0.1) is 20.8 Å². The molecule has 0 fully saturated rings. The number of benzene rings is 1. The molecule has 0 spiro atoms. The molecule has 2 aromatic heterocycles. The molecule has 1 aromatic carbocycles. The Bertz CT molecular complexity index is 989. The Balaban J connectivity index is 2.08. The van der Waals surface area contributed by atoms with E-state index in [1.165, 1.54) is 12.7 Å². The summed E-state index contributed by atoms with van der Waals surface area (Å²) in [5, 5.41) is 11.8. The van der Waals surface area contributed by atoms with Crippen molar-refractivity contribution in [3.63, 3.8) is 0 Å². The van der Waals surface area contributed by atoms with Crippen molar-refractivity contribution in [3.8, 4) is 5.82 Å². The van der Waals surface area contributed by atoms with E-state index in [-0.39, 0.29) is 4.90 Å². The van der Waals surface area contributed by atoms with Crippen molar-refractivity contribution >= 4 is 15.7 Å². The van der Waals surface area contributed by atoms with E-state index in [1.807, 2.05) is 13.0 Å². The van der Waals surface area contributed by atoms with Crippen LogP contribution >= 0.6 is 0 Å². The molecule has 0 saturated heterocycles. The fourth-order valence-corrected chi connectivity index (χ4v) is 3.84. The van der Waals surface area contributed by atoms with Gasteiger partial charge in [0.15, 0.2) is 5.82 Å². The highest BCUT2D eigenvalue weighted by Gasteiger charge is 2.23. The molecule has 2 heterocycles. The van der Waals surface area contributed by atoms with Gasteiger partial charge in [0.05, 0.1) is 10.6 Å². The zero-order valence-electron chi connectivity index (χ0n) is 13.8. The van der Waals surface area contributed by atoms with E-state index < -0.39 is 10.0 Å². The summed E-state index contributed by atoms with van der Waals surface area (Å²) in [4.78, 5) is 0.242. The Morgan fingerprint density at radius 1 is 1.08 bits per heavy atom. The number of hydrogen-bond donors (Lipinski definition) is 1. The predicted molar refractivity (Wildman–Crippen MR) is 89.6 cm³/mol. The molecule has 24 heavy (non-hydrogen) atoms. The van der Waals surface area contributed by atoms with E-state index >= 15 is 0 Å². The first-order chi connectivity index (χ1) is 11.3. The lowest BCUT2D eigenvalue weighted by molar-refractivity contribution is 0.600. The van der Waals surface area contributed by atoms with Crippen LogP contribution in [0.4, 0.5) is 5.69 Å². The smallest absolute Gasteiger partial charge is 0.262 e. The van der Waals surface area contributed by atoms with Crippen molar-refractivity contribution in [1.82, 2.24) is 24.5 Å². The number of sulfonamides is 1.